The Hall–Kier alpha value is -2.69. The highest BCUT2D eigenvalue weighted by molar-refractivity contribution is 6.39. The third-order valence-electron chi connectivity index (χ3n) is 7.12. The number of amides is 1. The van der Waals surface area contributed by atoms with E-state index in [9.17, 15) is 14.3 Å². The molecule has 12 heteroatoms. The monoisotopic (exact) mass is 535 g/mol. The van der Waals surface area contributed by atoms with E-state index < -0.39 is 5.82 Å². The van der Waals surface area contributed by atoms with Gasteiger partial charge >= 0.3 is 0 Å². The molecule has 0 saturated heterocycles. The fourth-order valence-corrected chi connectivity index (χ4v) is 5.82. The van der Waals surface area contributed by atoms with Crippen LogP contribution in [-0.4, -0.2) is 42.7 Å². The molecule has 0 radical (unpaired) electrons. The molecular formula is C24H28Cl2FN7O2. The summed E-state index contributed by atoms with van der Waals surface area (Å²) in [6, 6.07) is 2.44. The SMILES string of the molecule is NC(=O)[C@H]1CC[C@@H](n2c(Nc3c(Cl)cc(F)cc3Cl)nc3cnc(N[C@@H]4CCC[C@H](O)C4)nc32)CC1. The lowest BCUT2D eigenvalue weighted by Crippen LogP contribution is -2.30. The van der Waals surface area contributed by atoms with Gasteiger partial charge in [0.15, 0.2) is 5.65 Å². The van der Waals surface area contributed by atoms with Gasteiger partial charge in [0, 0.05) is 18.0 Å². The van der Waals surface area contributed by atoms with Gasteiger partial charge in [-0.15, -0.1) is 0 Å². The third-order valence-corrected chi connectivity index (χ3v) is 7.72. The molecule has 2 aromatic heterocycles. The number of aliphatic hydroxyl groups is 1. The Morgan fingerprint density at radius 2 is 1.83 bits per heavy atom. The Balaban J connectivity index is 1.51. The van der Waals surface area contributed by atoms with Gasteiger partial charge in [-0.2, -0.15) is 4.98 Å². The van der Waals surface area contributed by atoms with E-state index in [0.29, 0.717) is 60.9 Å². The van der Waals surface area contributed by atoms with Crippen LogP contribution in [-0.2, 0) is 4.79 Å². The Morgan fingerprint density at radius 1 is 1.11 bits per heavy atom. The van der Waals surface area contributed by atoms with Gasteiger partial charge in [-0.05, 0) is 63.5 Å². The summed E-state index contributed by atoms with van der Waals surface area (Å²) in [6.45, 7) is 0. The number of imidazole rings is 1. The van der Waals surface area contributed by atoms with Crippen LogP contribution in [0, 0.1) is 11.7 Å². The minimum atomic E-state index is -0.539. The molecule has 0 spiro atoms. The minimum Gasteiger partial charge on any atom is -0.393 e. The van der Waals surface area contributed by atoms with Crippen LogP contribution in [0.15, 0.2) is 18.3 Å². The number of anilines is 3. The summed E-state index contributed by atoms with van der Waals surface area (Å²) in [7, 11) is 0. The maximum Gasteiger partial charge on any atom is 0.224 e. The zero-order chi connectivity index (χ0) is 25.4. The smallest absolute Gasteiger partial charge is 0.224 e. The zero-order valence-electron chi connectivity index (χ0n) is 19.6. The van der Waals surface area contributed by atoms with Crippen molar-refractivity contribution >= 4 is 57.9 Å². The van der Waals surface area contributed by atoms with Crippen molar-refractivity contribution in [3.63, 3.8) is 0 Å². The number of halogens is 3. The highest BCUT2D eigenvalue weighted by Crippen LogP contribution is 2.39. The Kier molecular flexibility index (Phi) is 7.18. The predicted octanol–water partition coefficient (Wildman–Crippen LogP) is 4.95. The van der Waals surface area contributed by atoms with Crippen LogP contribution in [0.2, 0.25) is 10.0 Å². The molecule has 2 aliphatic rings. The molecule has 5 N–H and O–H groups in total. The molecule has 0 bridgehead atoms. The number of benzene rings is 1. The molecule has 2 saturated carbocycles. The molecule has 2 aliphatic carbocycles. The van der Waals surface area contributed by atoms with Gasteiger partial charge in [-0.3, -0.25) is 9.36 Å². The molecule has 2 fully saturated rings. The van der Waals surface area contributed by atoms with Crippen molar-refractivity contribution in [3.05, 3.63) is 34.2 Å². The van der Waals surface area contributed by atoms with Crippen molar-refractivity contribution in [1.82, 2.24) is 19.5 Å². The van der Waals surface area contributed by atoms with E-state index in [1.807, 2.05) is 4.57 Å². The van der Waals surface area contributed by atoms with Gasteiger partial charge in [-0.1, -0.05) is 23.2 Å². The van der Waals surface area contributed by atoms with E-state index in [1.54, 1.807) is 6.20 Å². The van der Waals surface area contributed by atoms with Gasteiger partial charge < -0.3 is 21.5 Å². The van der Waals surface area contributed by atoms with Crippen LogP contribution in [0.4, 0.5) is 22.0 Å². The number of primary amides is 1. The summed E-state index contributed by atoms with van der Waals surface area (Å²) in [5, 5.41) is 16.8. The predicted molar refractivity (Wildman–Crippen MR) is 137 cm³/mol. The summed E-state index contributed by atoms with van der Waals surface area (Å²) < 4.78 is 15.7. The second-order valence-corrected chi connectivity index (χ2v) is 10.5. The lowest BCUT2D eigenvalue weighted by atomic mass is 9.85. The van der Waals surface area contributed by atoms with E-state index >= 15 is 0 Å². The second kappa shape index (κ2) is 10.4. The fourth-order valence-electron chi connectivity index (χ4n) is 5.26. The lowest BCUT2D eigenvalue weighted by Gasteiger charge is -2.29. The molecule has 2 atom stereocenters. The summed E-state index contributed by atoms with van der Waals surface area (Å²) >= 11 is 12.6. The molecule has 1 amide bonds. The largest absolute Gasteiger partial charge is 0.393 e. The zero-order valence-corrected chi connectivity index (χ0v) is 21.1. The van der Waals surface area contributed by atoms with Crippen molar-refractivity contribution in [2.75, 3.05) is 10.6 Å². The minimum absolute atomic E-state index is 0.00893. The molecule has 5 rings (SSSR count). The quantitative estimate of drug-likeness (QED) is 0.351. The number of nitrogens with zero attached hydrogens (tertiary/aromatic N) is 4. The van der Waals surface area contributed by atoms with Crippen molar-refractivity contribution in [2.45, 2.75) is 69.6 Å². The van der Waals surface area contributed by atoms with Crippen LogP contribution in [0.5, 0.6) is 0 Å². The van der Waals surface area contributed by atoms with Gasteiger partial charge in [-0.25, -0.2) is 14.4 Å². The Morgan fingerprint density at radius 3 is 2.50 bits per heavy atom. The lowest BCUT2D eigenvalue weighted by molar-refractivity contribution is -0.122. The van der Waals surface area contributed by atoms with E-state index in [-0.39, 0.29) is 40.1 Å². The number of nitrogens with one attached hydrogen (secondary N) is 2. The molecule has 0 unspecified atom stereocenters. The first-order valence-electron chi connectivity index (χ1n) is 12.2. The summed E-state index contributed by atoms with van der Waals surface area (Å²) in [5.74, 6) is -0.0719. The normalized spacial score (nSPS) is 24.6. The number of rotatable bonds is 6. The number of hydrogen-bond acceptors (Lipinski definition) is 7. The van der Waals surface area contributed by atoms with Crippen LogP contribution < -0.4 is 16.4 Å². The number of carbonyl (C=O) groups is 1. The molecular weight excluding hydrogens is 508 g/mol. The first-order chi connectivity index (χ1) is 17.3. The van der Waals surface area contributed by atoms with Crippen LogP contribution >= 0.6 is 23.2 Å². The van der Waals surface area contributed by atoms with E-state index in [1.165, 1.54) is 12.1 Å². The average Bonchev–Trinajstić information content (AvgIpc) is 3.18. The van der Waals surface area contributed by atoms with Crippen LogP contribution in [0.25, 0.3) is 11.2 Å². The van der Waals surface area contributed by atoms with Crippen molar-refractivity contribution in [3.8, 4) is 0 Å². The number of hydrogen-bond donors (Lipinski definition) is 4. The summed E-state index contributed by atoms with van der Waals surface area (Å²) in [4.78, 5) is 25.6. The van der Waals surface area contributed by atoms with E-state index in [2.05, 4.69) is 15.6 Å². The third kappa shape index (κ3) is 5.21. The number of aromatic nitrogens is 4. The van der Waals surface area contributed by atoms with Crippen molar-refractivity contribution in [2.24, 2.45) is 11.7 Å². The average molecular weight is 536 g/mol. The fraction of sp³-hybridized carbons (Fsp3) is 0.500. The number of nitrogens with two attached hydrogens (primary N) is 1. The van der Waals surface area contributed by atoms with E-state index in [0.717, 1.165) is 19.3 Å². The second-order valence-electron chi connectivity index (χ2n) is 9.65. The highest BCUT2D eigenvalue weighted by Gasteiger charge is 2.30. The van der Waals surface area contributed by atoms with Crippen molar-refractivity contribution < 1.29 is 14.3 Å². The number of fused-ring (bicyclic) bond motifs is 1. The van der Waals surface area contributed by atoms with Gasteiger partial charge in [0.2, 0.25) is 17.8 Å². The van der Waals surface area contributed by atoms with Crippen LogP contribution in [0.1, 0.15) is 57.4 Å². The van der Waals surface area contributed by atoms with Crippen molar-refractivity contribution in [1.29, 1.82) is 0 Å². The highest BCUT2D eigenvalue weighted by atomic mass is 35.5. The summed E-state index contributed by atoms with van der Waals surface area (Å²) in [5.41, 5.74) is 7.06. The maximum atomic E-state index is 13.8. The Bertz CT molecular complexity index is 1260. The molecule has 1 aromatic carbocycles. The van der Waals surface area contributed by atoms with Gasteiger partial charge in [0.25, 0.3) is 0 Å². The van der Waals surface area contributed by atoms with Gasteiger partial charge in [0.05, 0.1) is 28.0 Å². The molecule has 3 aromatic rings. The first-order valence-corrected chi connectivity index (χ1v) is 12.9. The number of carbonyl (C=O) groups excluding carboxylic acids is 1. The van der Waals surface area contributed by atoms with E-state index in [4.69, 9.17) is 38.9 Å². The van der Waals surface area contributed by atoms with Gasteiger partial charge in [0.1, 0.15) is 11.3 Å². The molecule has 9 nitrogen and oxygen atoms in total. The topological polar surface area (TPSA) is 131 Å². The standard InChI is InChI=1S/C24H28Cl2FN7O2/c25-17-8-13(27)9-18(26)20(17)32-24-31-19-11-29-23(30-14-2-1-3-16(35)10-14)33-22(19)34(24)15-6-4-12(5-7-15)21(28)36/h8-9,11-12,14-16,35H,1-7,10H2,(H2,28,36)(H,31,32)(H,29,30,33)/t12-,14-,15+,16+/m1/s1. The molecule has 36 heavy (non-hydrogen) atoms. The Labute approximate surface area is 217 Å². The van der Waals surface area contributed by atoms with Crippen LogP contribution in [0.3, 0.4) is 0 Å². The molecule has 192 valence electrons. The number of aliphatic hydroxyl groups excluding tert-OH is 1. The first kappa shape index (κ1) is 25.0. The molecule has 0 aliphatic heterocycles. The molecule has 2 heterocycles. The maximum absolute atomic E-state index is 13.8. The summed E-state index contributed by atoms with van der Waals surface area (Å²) in [6.07, 6.45) is 7.38.